The van der Waals surface area contributed by atoms with Gasteiger partial charge in [0.15, 0.2) is 0 Å². The lowest BCUT2D eigenvalue weighted by Crippen LogP contribution is -2.37. The van der Waals surface area contributed by atoms with Crippen molar-refractivity contribution in [1.29, 1.82) is 0 Å². The van der Waals surface area contributed by atoms with E-state index >= 15 is 0 Å². The van der Waals surface area contributed by atoms with Crippen LogP contribution in [0.2, 0.25) is 5.28 Å². The number of ether oxygens (including phenoxy) is 2. The maximum Gasteiger partial charge on any atom is 0.348 e. The highest BCUT2D eigenvalue weighted by Crippen LogP contribution is 2.38. The predicted octanol–water partition coefficient (Wildman–Crippen LogP) is 4.00. The number of fused-ring (bicyclic) bond motifs is 1. The molecule has 0 unspecified atom stereocenters. The Morgan fingerprint density at radius 1 is 1.29 bits per heavy atom. The molecule has 1 saturated heterocycles. The summed E-state index contributed by atoms with van der Waals surface area (Å²) >= 11 is 7.42. The summed E-state index contributed by atoms with van der Waals surface area (Å²) < 4.78 is 10.5. The van der Waals surface area contributed by atoms with Gasteiger partial charge in [-0.2, -0.15) is 4.98 Å². The van der Waals surface area contributed by atoms with Crippen LogP contribution in [0.4, 0.5) is 5.82 Å². The Bertz CT molecular complexity index is 891. The van der Waals surface area contributed by atoms with E-state index in [1.165, 1.54) is 11.3 Å². The number of aryl methyl sites for hydroxylation is 1. The summed E-state index contributed by atoms with van der Waals surface area (Å²) in [5, 5.41) is 0.958. The topological polar surface area (TPSA) is 81.6 Å². The van der Waals surface area contributed by atoms with Crippen LogP contribution in [0.25, 0.3) is 10.2 Å². The van der Waals surface area contributed by atoms with Gasteiger partial charge < -0.3 is 14.4 Å². The first-order chi connectivity index (χ1) is 13.3. The van der Waals surface area contributed by atoms with Crippen LogP contribution in [0.15, 0.2) is 0 Å². The van der Waals surface area contributed by atoms with E-state index < -0.39 is 0 Å². The zero-order valence-corrected chi connectivity index (χ0v) is 18.0. The van der Waals surface area contributed by atoms with Crippen molar-refractivity contribution in [3.05, 3.63) is 15.7 Å². The van der Waals surface area contributed by atoms with Crippen molar-refractivity contribution in [3.63, 3.8) is 0 Å². The summed E-state index contributed by atoms with van der Waals surface area (Å²) in [7, 11) is 0. The lowest BCUT2D eigenvalue weighted by atomic mass is 9.97. The van der Waals surface area contributed by atoms with Crippen LogP contribution >= 0.6 is 22.9 Å². The van der Waals surface area contributed by atoms with Crippen molar-refractivity contribution in [2.75, 3.05) is 24.6 Å². The molecule has 0 amide bonds. The maximum atomic E-state index is 12.4. The molecule has 28 heavy (non-hydrogen) atoms. The normalized spacial score (nSPS) is 15.3. The molecular formula is C19H24ClN3O4S. The van der Waals surface area contributed by atoms with Crippen molar-refractivity contribution in [2.24, 2.45) is 5.92 Å². The Hall–Kier alpha value is -1.93. The van der Waals surface area contributed by atoms with Gasteiger partial charge in [-0.05, 0) is 57.7 Å². The van der Waals surface area contributed by atoms with E-state index in [9.17, 15) is 9.59 Å². The fourth-order valence-corrected chi connectivity index (χ4v) is 4.64. The van der Waals surface area contributed by atoms with Crippen LogP contribution in [0.1, 0.15) is 48.8 Å². The number of hydrogen-bond acceptors (Lipinski definition) is 8. The summed E-state index contributed by atoms with van der Waals surface area (Å²) in [6.07, 6.45) is 1.17. The van der Waals surface area contributed by atoms with Crippen molar-refractivity contribution in [3.8, 4) is 0 Å². The molecule has 0 N–H and O–H groups in total. The number of esters is 2. The second kappa shape index (κ2) is 8.61. The van der Waals surface area contributed by atoms with E-state index in [2.05, 4.69) is 14.9 Å². The lowest BCUT2D eigenvalue weighted by Gasteiger charge is -2.32. The van der Waals surface area contributed by atoms with Crippen LogP contribution in [0.3, 0.4) is 0 Å². The summed E-state index contributed by atoms with van der Waals surface area (Å²) in [5.74, 6) is 0.107. The molecule has 0 saturated carbocycles. The molecule has 2 aromatic heterocycles. The van der Waals surface area contributed by atoms with Gasteiger partial charge in [-0.3, -0.25) is 4.79 Å². The smallest absolute Gasteiger partial charge is 0.348 e. The molecular weight excluding hydrogens is 402 g/mol. The molecule has 0 aromatic carbocycles. The number of anilines is 1. The molecule has 3 heterocycles. The van der Waals surface area contributed by atoms with Crippen molar-refractivity contribution in [1.82, 2.24) is 9.97 Å². The SMILES string of the molecule is CCOC(=O)C1CCN(c2nc(Cl)nc3sc(C(=O)OC(C)C)c(C)c23)CC1. The van der Waals surface area contributed by atoms with Crippen LogP contribution in [-0.2, 0) is 14.3 Å². The van der Waals surface area contributed by atoms with Crippen molar-refractivity contribution in [2.45, 2.75) is 46.6 Å². The fraction of sp³-hybridized carbons (Fsp3) is 0.579. The molecule has 0 radical (unpaired) electrons. The standard InChI is InChI=1S/C19H24ClN3O4S/c1-5-26-17(24)12-6-8-23(9-7-12)15-13-11(4)14(18(25)27-10(2)3)28-16(13)22-19(20)21-15/h10,12H,5-9H2,1-4H3. The fourth-order valence-electron chi connectivity index (χ4n) is 3.37. The summed E-state index contributed by atoms with van der Waals surface area (Å²) in [6.45, 7) is 9.03. The molecule has 3 rings (SSSR count). The number of piperidine rings is 1. The molecule has 9 heteroatoms. The largest absolute Gasteiger partial charge is 0.466 e. The molecule has 152 valence electrons. The molecule has 7 nitrogen and oxygen atoms in total. The van der Waals surface area contributed by atoms with Crippen LogP contribution in [-0.4, -0.2) is 47.7 Å². The number of hydrogen-bond donors (Lipinski definition) is 0. The third-order valence-corrected chi connectivity index (χ3v) is 6.02. The minimum atomic E-state index is -0.362. The highest BCUT2D eigenvalue weighted by atomic mass is 35.5. The number of carbonyl (C=O) groups excluding carboxylic acids is 2. The highest BCUT2D eigenvalue weighted by Gasteiger charge is 2.29. The second-order valence-corrected chi connectivity index (χ2v) is 8.36. The quantitative estimate of drug-likeness (QED) is 0.529. The maximum absolute atomic E-state index is 12.4. The van der Waals surface area contributed by atoms with Gasteiger partial charge >= 0.3 is 11.9 Å². The number of thiophene rings is 1. The van der Waals surface area contributed by atoms with Gasteiger partial charge in [-0.25, -0.2) is 9.78 Å². The number of nitrogens with zero attached hydrogens (tertiary/aromatic N) is 3. The van der Waals surface area contributed by atoms with Crippen LogP contribution < -0.4 is 4.90 Å². The number of carbonyl (C=O) groups is 2. The summed E-state index contributed by atoms with van der Waals surface area (Å²) in [6, 6.07) is 0. The van der Waals surface area contributed by atoms with Gasteiger partial charge in [0.05, 0.1) is 24.0 Å². The summed E-state index contributed by atoms with van der Waals surface area (Å²) in [5.41, 5.74) is 0.796. The molecule has 0 spiro atoms. The van der Waals surface area contributed by atoms with Crippen LogP contribution in [0.5, 0.6) is 0 Å². The van der Waals surface area contributed by atoms with Gasteiger partial charge in [-0.15, -0.1) is 11.3 Å². The Morgan fingerprint density at radius 2 is 1.96 bits per heavy atom. The number of aromatic nitrogens is 2. The Labute approximate surface area is 173 Å². The van der Waals surface area contributed by atoms with Crippen LogP contribution in [0, 0.1) is 12.8 Å². The second-order valence-electron chi connectivity index (χ2n) is 7.02. The lowest BCUT2D eigenvalue weighted by molar-refractivity contribution is -0.148. The van der Waals surface area contributed by atoms with Crippen molar-refractivity contribution >= 4 is 50.9 Å². The predicted molar refractivity (Wildman–Crippen MR) is 109 cm³/mol. The average molecular weight is 426 g/mol. The average Bonchev–Trinajstić information content (AvgIpc) is 2.97. The minimum Gasteiger partial charge on any atom is -0.466 e. The molecule has 1 fully saturated rings. The first-order valence-corrected chi connectivity index (χ1v) is 10.6. The zero-order chi connectivity index (χ0) is 20.4. The molecule has 1 aliphatic heterocycles. The van der Waals surface area contributed by atoms with Gasteiger partial charge in [0.25, 0.3) is 0 Å². The monoisotopic (exact) mass is 425 g/mol. The molecule has 1 aliphatic rings. The van der Waals surface area contributed by atoms with Gasteiger partial charge in [0.1, 0.15) is 15.5 Å². The van der Waals surface area contributed by atoms with E-state index in [1.807, 2.05) is 27.7 Å². The van der Waals surface area contributed by atoms with Crippen molar-refractivity contribution < 1.29 is 19.1 Å². The molecule has 2 aromatic rings. The zero-order valence-electron chi connectivity index (χ0n) is 16.5. The third-order valence-electron chi connectivity index (χ3n) is 4.69. The number of rotatable bonds is 5. The van der Waals surface area contributed by atoms with E-state index in [4.69, 9.17) is 21.1 Å². The Kier molecular flexibility index (Phi) is 6.40. The highest BCUT2D eigenvalue weighted by molar-refractivity contribution is 7.20. The van der Waals surface area contributed by atoms with E-state index in [-0.39, 0.29) is 29.2 Å². The minimum absolute atomic E-state index is 0.0934. The Morgan fingerprint density at radius 3 is 2.57 bits per heavy atom. The number of halogens is 1. The molecule has 0 atom stereocenters. The van der Waals surface area contributed by atoms with Gasteiger partial charge in [0.2, 0.25) is 5.28 Å². The first kappa shape index (κ1) is 20.8. The third kappa shape index (κ3) is 4.22. The van der Waals surface area contributed by atoms with Gasteiger partial charge in [0, 0.05) is 13.1 Å². The van der Waals surface area contributed by atoms with Gasteiger partial charge in [-0.1, -0.05) is 0 Å². The molecule has 0 bridgehead atoms. The van der Waals surface area contributed by atoms with E-state index in [0.717, 1.165) is 10.9 Å². The van der Waals surface area contributed by atoms with E-state index in [1.54, 1.807) is 0 Å². The molecule has 0 aliphatic carbocycles. The Balaban J connectivity index is 1.91. The summed E-state index contributed by atoms with van der Waals surface area (Å²) in [4.78, 5) is 36.5. The first-order valence-electron chi connectivity index (χ1n) is 9.41. The van der Waals surface area contributed by atoms with E-state index in [0.29, 0.717) is 48.1 Å².